The third-order valence-electron chi connectivity index (χ3n) is 4.13. The molecule has 116 valence electrons. The number of rotatable bonds is 7. The predicted octanol–water partition coefficient (Wildman–Crippen LogP) is 1.50. The molecule has 1 rings (SSSR count). The second-order valence-electron chi connectivity index (χ2n) is 5.59. The molecule has 5 heteroatoms. The van der Waals surface area contributed by atoms with Gasteiger partial charge in [0.05, 0.1) is 0 Å². The Morgan fingerprint density at radius 3 is 2.29 bits per heavy atom. The molecule has 2 atom stereocenters. The summed E-state index contributed by atoms with van der Waals surface area (Å²) in [5, 5.41) is 0. The number of aryl methyl sites for hydroxylation is 1. The highest BCUT2D eigenvalue weighted by molar-refractivity contribution is 6.01. The van der Waals surface area contributed by atoms with E-state index in [2.05, 4.69) is 13.8 Å². The molecule has 0 bridgehead atoms. The molecule has 0 aliphatic rings. The Balaban J connectivity index is 3.05. The van der Waals surface area contributed by atoms with Gasteiger partial charge < -0.3 is 17.2 Å². The summed E-state index contributed by atoms with van der Waals surface area (Å²) in [4.78, 5) is 23.1. The van der Waals surface area contributed by atoms with Crippen LogP contribution in [0.3, 0.4) is 0 Å². The first kappa shape index (κ1) is 17.2. The fourth-order valence-electron chi connectivity index (χ4n) is 2.59. The zero-order valence-corrected chi connectivity index (χ0v) is 13.0. The number of benzene rings is 1. The van der Waals surface area contributed by atoms with Crippen molar-refractivity contribution in [1.29, 1.82) is 0 Å². The molecule has 0 heterocycles. The summed E-state index contributed by atoms with van der Waals surface area (Å²) < 4.78 is 0. The molecule has 2 unspecified atom stereocenters. The van der Waals surface area contributed by atoms with Crippen LogP contribution in [0.1, 0.15) is 58.5 Å². The Morgan fingerprint density at radius 1 is 1.19 bits per heavy atom. The molecule has 1 aromatic carbocycles. The van der Waals surface area contributed by atoms with E-state index in [4.69, 9.17) is 17.2 Å². The van der Waals surface area contributed by atoms with Crippen molar-refractivity contribution < 1.29 is 9.59 Å². The standard InChI is InChI=1S/C16H25N3O2/c1-4-13(17)9(2)5-6-11-7-8-12(15(18)20)10(3)14(11)16(19)21/h7-9,13H,4-6,17H2,1-3H3,(H2,18,20)(H2,19,21). The zero-order valence-electron chi connectivity index (χ0n) is 13.0. The molecule has 2 amide bonds. The van der Waals surface area contributed by atoms with Gasteiger partial charge in [0.1, 0.15) is 0 Å². The first-order valence-corrected chi connectivity index (χ1v) is 7.27. The van der Waals surface area contributed by atoms with E-state index < -0.39 is 11.8 Å². The molecule has 0 saturated carbocycles. The van der Waals surface area contributed by atoms with E-state index in [-0.39, 0.29) is 6.04 Å². The second-order valence-corrected chi connectivity index (χ2v) is 5.59. The van der Waals surface area contributed by atoms with Crippen LogP contribution in [0.4, 0.5) is 0 Å². The summed E-state index contributed by atoms with van der Waals surface area (Å²) in [6.45, 7) is 5.86. The van der Waals surface area contributed by atoms with Crippen molar-refractivity contribution in [3.05, 3.63) is 34.4 Å². The normalized spacial score (nSPS) is 13.7. The molecule has 21 heavy (non-hydrogen) atoms. The lowest BCUT2D eigenvalue weighted by atomic mass is 9.89. The first-order valence-electron chi connectivity index (χ1n) is 7.27. The minimum Gasteiger partial charge on any atom is -0.366 e. The average Bonchev–Trinajstić information content (AvgIpc) is 2.42. The van der Waals surface area contributed by atoms with E-state index in [0.29, 0.717) is 29.0 Å². The smallest absolute Gasteiger partial charge is 0.249 e. The molecule has 0 radical (unpaired) electrons. The van der Waals surface area contributed by atoms with Gasteiger partial charge in [0.15, 0.2) is 0 Å². The van der Waals surface area contributed by atoms with E-state index in [9.17, 15) is 9.59 Å². The first-order chi connectivity index (χ1) is 9.79. The summed E-state index contributed by atoms with van der Waals surface area (Å²) in [6, 6.07) is 3.56. The fourth-order valence-corrected chi connectivity index (χ4v) is 2.59. The van der Waals surface area contributed by atoms with E-state index in [0.717, 1.165) is 18.4 Å². The zero-order chi connectivity index (χ0) is 16.2. The number of amides is 2. The maximum Gasteiger partial charge on any atom is 0.249 e. The highest BCUT2D eigenvalue weighted by Crippen LogP contribution is 2.22. The van der Waals surface area contributed by atoms with Crippen LogP contribution in [0.2, 0.25) is 0 Å². The van der Waals surface area contributed by atoms with Crippen LogP contribution in [-0.4, -0.2) is 17.9 Å². The molecule has 0 aliphatic heterocycles. The van der Waals surface area contributed by atoms with Gasteiger partial charge in [-0.2, -0.15) is 0 Å². The third kappa shape index (κ3) is 4.04. The summed E-state index contributed by atoms with van der Waals surface area (Å²) in [5.41, 5.74) is 18.9. The van der Waals surface area contributed by atoms with Crippen LogP contribution in [0.25, 0.3) is 0 Å². The Bertz CT molecular complexity index is 541. The minimum atomic E-state index is -0.553. The molecule has 1 aromatic rings. The number of hydrogen-bond donors (Lipinski definition) is 3. The van der Waals surface area contributed by atoms with Gasteiger partial charge in [0.25, 0.3) is 0 Å². The molecule has 0 aromatic heterocycles. The molecular weight excluding hydrogens is 266 g/mol. The van der Waals surface area contributed by atoms with Crippen molar-refractivity contribution in [2.45, 2.75) is 46.1 Å². The molecular formula is C16H25N3O2. The summed E-state index contributed by atoms with van der Waals surface area (Å²) in [6.07, 6.45) is 2.49. The van der Waals surface area contributed by atoms with Gasteiger partial charge in [-0.1, -0.05) is 19.9 Å². The summed E-state index contributed by atoms with van der Waals surface area (Å²) >= 11 is 0. The number of carbonyl (C=O) groups excluding carboxylic acids is 2. The monoisotopic (exact) mass is 291 g/mol. The fraction of sp³-hybridized carbons (Fsp3) is 0.500. The number of nitrogens with two attached hydrogens (primary N) is 3. The van der Waals surface area contributed by atoms with Gasteiger partial charge in [-0.3, -0.25) is 9.59 Å². The van der Waals surface area contributed by atoms with Crippen molar-refractivity contribution in [3.63, 3.8) is 0 Å². The van der Waals surface area contributed by atoms with Gasteiger partial charge in [-0.05, 0) is 49.3 Å². The molecule has 6 N–H and O–H groups in total. The topological polar surface area (TPSA) is 112 Å². The average molecular weight is 291 g/mol. The van der Waals surface area contributed by atoms with Crippen LogP contribution in [0.15, 0.2) is 12.1 Å². The molecule has 5 nitrogen and oxygen atoms in total. The van der Waals surface area contributed by atoms with Crippen molar-refractivity contribution in [1.82, 2.24) is 0 Å². The summed E-state index contributed by atoms with van der Waals surface area (Å²) in [7, 11) is 0. The molecule has 0 spiro atoms. The number of carbonyl (C=O) groups is 2. The molecule has 0 aliphatic carbocycles. The highest BCUT2D eigenvalue weighted by Gasteiger charge is 2.18. The van der Waals surface area contributed by atoms with Crippen LogP contribution < -0.4 is 17.2 Å². The minimum absolute atomic E-state index is 0.146. The Morgan fingerprint density at radius 2 is 1.81 bits per heavy atom. The van der Waals surface area contributed by atoms with Crippen LogP contribution >= 0.6 is 0 Å². The lowest BCUT2D eigenvalue weighted by molar-refractivity contribution is 0.0998. The van der Waals surface area contributed by atoms with Gasteiger partial charge >= 0.3 is 0 Å². The van der Waals surface area contributed by atoms with Crippen molar-refractivity contribution >= 4 is 11.8 Å². The molecule has 0 fully saturated rings. The maximum atomic E-state index is 11.7. The lowest BCUT2D eigenvalue weighted by Crippen LogP contribution is -2.28. The Kier molecular flexibility index (Phi) is 5.90. The maximum absolute atomic E-state index is 11.7. The van der Waals surface area contributed by atoms with E-state index >= 15 is 0 Å². The molecule has 0 saturated heterocycles. The van der Waals surface area contributed by atoms with Gasteiger partial charge in [-0.15, -0.1) is 0 Å². The van der Waals surface area contributed by atoms with Crippen molar-refractivity contribution in [2.24, 2.45) is 23.1 Å². The quantitative estimate of drug-likeness (QED) is 0.707. The SMILES string of the molecule is CCC(N)C(C)CCc1ccc(C(N)=O)c(C)c1C(N)=O. The van der Waals surface area contributed by atoms with Crippen LogP contribution in [0, 0.1) is 12.8 Å². The van der Waals surface area contributed by atoms with Gasteiger partial charge in [0.2, 0.25) is 11.8 Å². The highest BCUT2D eigenvalue weighted by atomic mass is 16.1. The Hall–Kier alpha value is -1.88. The van der Waals surface area contributed by atoms with Gasteiger partial charge in [0, 0.05) is 17.2 Å². The van der Waals surface area contributed by atoms with Crippen LogP contribution in [0.5, 0.6) is 0 Å². The van der Waals surface area contributed by atoms with Crippen LogP contribution in [-0.2, 0) is 6.42 Å². The van der Waals surface area contributed by atoms with Crippen molar-refractivity contribution in [3.8, 4) is 0 Å². The lowest BCUT2D eigenvalue weighted by Gasteiger charge is -2.19. The third-order valence-corrected chi connectivity index (χ3v) is 4.13. The van der Waals surface area contributed by atoms with E-state index in [1.807, 2.05) is 0 Å². The number of hydrogen-bond acceptors (Lipinski definition) is 3. The van der Waals surface area contributed by atoms with E-state index in [1.54, 1.807) is 19.1 Å². The summed E-state index contributed by atoms with van der Waals surface area (Å²) in [5.74, 6) is -0.729. The second kappa shape index (κ2) is 7.22. The van der Waals surface area contributed by atoms with E-state index in [1.165, 1.54) is 0 Å². The van der Waals surface area contributed by atoms with Gasteiger partial charge in [-0.25, -0.2) is 0 Å². The largest absolute Gasteiger partial charge is 0.366 e. The number of primary amides is 2. The predicted molar refractivity (Wildman–Crippen MR) is 84.0 cm³/mol. The Labute approximate surface area is 125 Å². The van der Waals surface area contributed by atoms with Crippen molar-refractivity contribution in [2.75, 3.05) is 0 Å².